The van der Waals surface area contributed by atoms with Gasteiger partial charge in [0.05, 0.1) is 29.8 Å². The van der Waals surface area contributed by atoms with Crippen molar-refractivity contribution in [2.24, 2.45) is 5.10 Å². The Balaban J connectivity index is 2.08. The van der Waals surface area contributed by atoms with Crippen LogP contribution < -0.4 is 0 Å². The molecule has 1 aliphatic heterocycles. The van der Waals surface area contributed by atoms with E-state index in [-0.39, 0.29) is 11.6 Å². The number of aromatic nitrogens is 2. The number of hydrogen-bond donors (Lipinski definition) is 1. The molecule has 0 radical (unpaired) electrons. The molecule has 0 bridgehead atoms. The van der Waals surface area contributed by atoms with E-state index in [0.29, 0.717) is 5.69 Å². The fourth-order valence-electron chi connectivity index (χ4n) is 2.05. The number of carbonyl (C=O) groups is 1. The molecule has 0 spiro atoms. The zero-order chi connectivity index (χ0) is 17.4. The molecule has 1 amide bonds. The molecule has 2 rings (SSSR count). The number of nitrogens with zero attached hydrogens (tertiary/aromatic N) is 5. The van der Waals surface area contributed by atoms with Crippen LogP contribution >= 0.6 is 0 Å². The van der Waals surface area contributed by atoms with E-state index in [1.807, 2.05) is 0 Å². The molecule has 2 heterocycles. The first-order valence-electron chi connectivity index (χ1n) is 6.39. The van der Waals surface area contributed by atoms with Gasteiger partial charge in [0.25, 0.3) is 5.72 Å². The predicted molar refractivity (Wildman–Crippen MR) is 69.2 cm³/mol. The summed E-state index contributed by atoms with van der Waals surface area (Å²) < 4.78 is 39.7. The number of nitro groups is 1. The lowest BCUT2D eigenvalue weighted by atomic mass is 10.1. The zero-order valence-corrected chi connectivity index (χ0v) is 11.8. The number of halogens is 3. The topological polar surface area (TPSA) is 114 Å². The van der Waals surface area contributed by atoms with Gasteiger partial charge in [-0.2, -0.15) is 28.0 Å². The van der Waals surface area contributed by atoms with Gasteiger partial charge in [0.15, 0.2) is 0 Å². The van der Waals surface area contributed by atoms with Gasteiger partial charge in [-0.3, -0.25) is 4.79 Å². The first-order valence-corrected chi connectivity index (χ1v) is 6.39. The highest BCUT2D eigenvalue weighted by atomic mass is 19.4. The van der Waals surface area contributed by atoms with E-state index in [9.17, 15) is 33.2 Å². The Morgan fingerprint density at radius 3 is 2.74 bits per heavy atom. The Morgan fingerprint density at radius 1 is 1.57 bits per heavy atom. The molecule has 126 valence electrons. The van der Waals surface area contributed by atoms with Crippen LogP contribution in [0.2, 0.25) is 0 Å². The molecule has 23 heavy (non-hydrogen) atoms. The van der Waals surface area contributed by atoms with Gasteiger partial charge >= 0.3 is 12.0 Å². The predicted octanol–water partition coefficient (Wildman–Crippen LogP) is 0.959. The van der Waals surface area contributed by atoms with E-state index in [2.05, 4.69) is 10.2 Å². The van der Waals surface area contributed by atoms with Crippen molar-refractivity contribution in [3.8, 4) is 0 Å². The van der Waals surface area contributed by atoms with Gasteiger partial charge < -0.3 is 15.2 Å². The lowest BCUT2D eigenvalue weighted by Gasteiger charge is -2.32. The van der Waals surface area contributed by atoms with Crippen LogP contribution in [0.1, 0.15) is 18.5 Å². The summed E-state index contributed by atoms with van der Waals surface area (Å²) in [5, 5.41) is 27.1. The summed E-state index contributed by atoms with van der Waals surface area (Å²) in [6, 6.07) is 1.17. The lowest BCUT2D eigenvalue weighted by Crippen LogP contribution is -2.56. The van der Waals surface area contributed by atoms with Crippen molar-refractivity contribution >= 4 is 17.9 Å². The van der Waals surface area contributed by atoms with Crippen molar-refractivity contribution in [1.29, 1.82) is 0 Å². The maximum Gasteiger partial charge on any atom is 0.438 e. The number of rotatable bonds is 4. The second-order valence-electron chi connectivity index (χ2n) is 4.90. The van der Waals surface area contributed by atoms with Crippen LogP contribution in [0.4, 0.5) is 19.0 Å². The maximum atomic E-state index is 12.9. The molecule has 0 saturated carbocycles. The number of aryl methyl sites for hydroxylation is 2. The van der Waals surface area contributed by atoms with Gasteiger partial charge in [-0.05, 0) is 11.8 Å². The lowest BCUT2D eigenvalue weighted by molar-refractivity contribution is -0.389. The number of amides is 1. The molecule has 0 unspecified atom stereocenters. The fourth-order valence-corrected chi connectivity index (χ4v) is 2.05. The monoisotopic (exact) mass is 335 g/mol. The quantitative estimate of drug-likeness (QED) is 0.650. The first kappa shape index (κ1) is 16.9. The molecule has 12 heteroatoms. The van der Waals surface area contributed by atoms with Crippen LogP contribution in [-0.2, 0) is 11.3 Å². The highest BCUT2D eigenvalue weighted by molar-refractivity contribution is 5.80. The summed E-state index contributed by atoms with van der Waals surface area (Å²) in [5.41, 5.74) is -2.99. The number of carbonyl (C=O) groups excluding carboxylic acids is 1. The third kappa shape index (κ3) is 3.02. The second kappa shape index (κ2) is 5.61. The Labute approximate surface area is 127 Å². The number of hydrogen-bond acceptors (Lipinski definition) is 6. The third-order valence-corrected chi connectivity index (χ3v) is 3.31. The molecule has 1 N–H and O–H groups in total. The smallest absolute Gasteiger partial charge is 0.362 e. The standard InChI is InChI=1S/C11H12F3N5O4/c1-7-6-8(19(22)23)16-17(7)5-2-9(20)18-10(21,3-4-15-18)11(12,13)14/h4,6,21H,2-3,5H2,1H3/t10-/m0/s1. The fraction of sp³-hybridized carbons (Fsp3) is 0.545. The Morgan fingerprint density at radius 2 is 2.22 bits per heavy atom. The van der Waals surface area contributed by atoms with Crippen LogP contribution in [0.5, 0.6) is 0 Å². The van der Waals surface area contributed by atoms with Crippen LogP contribution in [0.15, 0.2) is 11.2 Å². The SMILES string of the molecule is Cc1cc([N+](=O)[O-])nn1CCC(=O)N1N=CC[C@]1(O)C(F)(F)F. The normalized spacial score (nSPS) is 21.0. The van der Waals surface area contributed by atoms with E-state index in [1.54, 1.807) is 0 Å². The van der Waals surface area contributed by atoms with Gasteiger partial charge in [-0.25, -0.2) is 0 Å². The molecule has 0 aliphatic carbocycles. The van der Waals surface area contributed by atoms with E-state index in [4.69, 9.17) is 0 Å². The van der Waals surface area contributed by atoms with Gasteiger partial charge in [-0.1, -0.05) is 0 Å². The molecule has 1 aromatic heterocycles. The van der Waals surface area contributed by atoms with Crippen LogP contribution in [-0.4, -0.2) is 48.8 Å². The van der Waals surface area contributed by atoms with Gasteiger partial charge in [0.2, 0.25) is 5.91 Å². The van der Waals surface area contributed by atoms with Crippen molar-refractivity contribution in [3.63, 3.8) is 0 Å². The van der Waals surface area contributed by atoms with Crippen LogP contribution in [0, 0.1) is 17.0 Å². The molecule has 1 atom stereocenters. The van der Waals surface area contributed by atoms with E-state index < -0.39 is 41.4 Å². The Kier molecular flexibility index (Phi) is 4.11. The van der Waals surface area contributed by atoms with Crippen LogP contribution in [0.25, 0.3) is 0 Å². The summed E-state index contributed by atoms with van der Waals surface area (Å²) >= 11 is 0. The zero-order valence-electron chi connectivity index (χ0n) is 11.8. The first-order chi connectivity index (χ1) is 10.6. The van der Waals surface area contributed by atoms with Crippen molar-refractivity contribution in [3.05, 3.63) is 21.9 Å². The number of alkyl halides is 3. The molecular formula is C11H12F3N5O4. The largest absolute Gasteiger partial charge is 0.438 e. The molecule has 0 fully saturated rings. The average Bonchev–Trinajstić information content (AvgIpc) is 3.00. The molecular weight excluding hydrogens is 323 g/mol. The van der Waals surface area contributed by atoms with Crippen molar-refractivity contribution in [1.82, 2.24) is 14.8 Å². The molecule has 1 aliphatic rings. The van der Waals surface area contributed by atoms with E-state index >= 15 is 0 Å². The highest BCUT2D eigenvalue weighted by Gasteiger charge is 2.61. The van der Waals surface area contributed by atoms with Crippen molar-refractivity contribution in [2.45, 2.75) is 38.2 Å². The summed E-state index contributed by atoms with van der Waals surface area (Å²) in [6.45, 7) is 1.32. The summed E-state index contributed by atoms with van der Waals surface area (Å²) in [7, 11) is 0. The second-order valence-corrected chi connectivity index (χ2v) is 4.90. The minimum absolute atomic E-state index is 0.0136. The van der Waals surface area contributed by atoms with Gasteiger partial charge in [-0.15, -0.1) is 0 Å². The molecule has 1 aromatic rings. The Bertz CT molecular complexity index is 671. The Hall–Kier alpha value is -2.50. The minimum atomic E-state index is -5.06. The van der Waals surface area contributed by atoms with Gasteiger partial charge in [0.1, 0.15) is 0 Å². The maximum absolute atomic E-state index is 12.9. The number of hydrazone groups is 1. The third-order valence-electron chi connectivity index (χ3n) is 3.31. The highest BCUT2D eigenvalue weighted by Crippen LogP contribution is 2.38. The van der Waals surface area contributed by atoms with E-state index in [0.717, 1.165) is 10.9 Å². The minimum Gasteiger partial charge on any atom is -0.362 e. The summed E-state index contributed by atoms with van der Waals surface area (Å²) in [5.74, 6) is -1.50. The summed E-state index contributed by atoms with van der Waals surface area (Å²) in [4.78, 5) is 21.8. The average molecular weight is 335 g/mol. The molecule has 9 nitrogen and oxygen atoms in total. The summed E-state index contributed by atoms with van der Waals surface area (Å²) in [6.07, 6.45) is -5.57. The van der Waals surface area contributed by atoms with E-state index in [1.165, 1.54) is 13.0 Å². The van der Waals surface area contributed by atoms with Gasteiger partial charge in [0, 0.05) is 12.6 Å². The molecule has 0 aromatic carbocycles. The number of aliphatic hydroxyl groups is 1. The van der Waals surface area contributed by atoms with Crippen LogP contribution in [0.3, 0.4) is 0 Å². The molecule has 0 saturated heterocycles. The van der Waals surface area contributed by atoms with Crippen molar-refractivity contribution in [2.75, 3.05) is 0 Å². The van der Waals surface area contributed by atoms with Crippen molar-refractivity contribution < 1.29 is 28.0 Å².